The summed E-state index contributed by atoms with van der Waals surface area (Å²) in [5, 5.41) is 4.65. The number of aromatic nitrogens is 4. The molecule has 9 nitrogen and oxygen atoms in total. The Morgan fingerprint density at radius 1 is 1.03 bits per heavy atom. The van der Waals surface area contributed by atoms with Crippen LogP contribution >= 0.6 is 0 Å². The van der Waals surface area contributed by atoms with Crippen LogP contribution in [0, 0.1) is 0 Å². The van der Waals surface area contributed by atoms with E-state index in [9.17, 15) is 14.4 Å². The van der Waals surface area contributed by atoms with E-state index < -0.39 is 0 Å². The number of carbonyl (C=O) groups is 1. The zero-order chi connectivity index (χ0) is 21.4. The molecule has 1 amide bonds. The number of rotatable bonds is 3. The van der Waals surface area contributed by atoms with Crippen LogP contribution in [-0.4, -0.2) is 56.3 Å². The maximum absolute atomic E-state index is 12.7. The fourth-order valence-corrected chi connectivity index (χ4v) is 3.63. The molecule has 0 spiro atoms. The van der Waals surface area contributed by atoms with Gasteiger partial charge in [0.25, 0.3) is 17.0 Å². The Hall–Kier alpha value is -3.49. The van der Waals surface area contributed by atoms with Crippen molar-refractivity contribution in [3.8, 4) is 0 Å². The summed E-state index contributed by atoms with van der Waals surface area (Å²) in [6, 6.07) is 8.56. The molecule has 9 heteroatoms. The van der Waals surface area contributed by atoms with Gasteiger partial charge in [-0.2, -0.15) is 5.10 Å². The van der Waals surface area contributed by atoms with Gasteiger partial charge in [-0.05, 0) is 38.1 Å². The van der Waals surface area contributed by atoms with Crippen LogP contribution in [0.5, 0.6) is 0 Å². The fraction of sp³-hybridized carbons (Fsp3) is 0.381. The zero-order valence-electron chi connectivity index (χ0n) is 17.3. The quantitative estimate of drug-likeness (QED) is 0.643. The summed E-state index contributed by atoms with van der Waals surface area (Å²) < 4.78 is 2.79. The van der Waals surface area contributed by atoms with Crippen LogP contribution in [0.25, 0.3) is 10.9 Å². The topological polar surface area (TPSA) is 93.3 Å². The number of benzene rings is 1. The molecular weight excluding hydrogens is 384 g/mol. The molecule has 30 heavy (non-hydrogen) atoms. The molecule has 1 saturated heterocycles. The molecule has 0 radical (unpaired) electrons. The van der Waals surface area contributed by atoms with E-state index >= 15 is 0 Å². The Labute approximate surface area is 173 Å². The lowest BCUT2D eigenvalue weighted by atomic mass is 10.2. The van der Waals surface area contributed by atoms with E-state index in [1.165, 1.54) is 23.9 Å². The zero-order valence-corrected chi connectivity index (χ0v) is 17.3. The summed E-state index contributed by atoms with van der Waals surface area (Å²) in [6.07, 6.45) is 1.59. The molecular formula is C21H24N6O3. The van der Waals surface area contributed by atoms with Crippen molar-refractivity contribution in [3.63, 3.8) is 0 Å². The number of piperazine rings is 1. The Bertz CT molecular complexity index is 1220. The van der Waals surface area contributed by atoms with Crippen LogP contribution in [0.1, 0.15) is 30.4 Å². The van der Waals surface area contributed by atoms with Crippen molar-refractivity contribution in [3.05, 3.63) is 63.1 Å². The number of nitrogens with zero attached hydrogens (tertiary/aromatic N) is 6. The van der Waals surface area contributed by atoms with Crippen molar-refractivity contribution in [1.29, 1.82) is 0 Å². The third-order valence-electron chi connectivity index (χ3n) is 5.44. The first-order chi connectivity index (χ1) is 14.3. The summed E-state index contributed by atoms with van der Waals surface area (Å²) in [5.41, 5.74) is 1.62. The second kappa shape index (κ2) is 7.74. The van der Waals surface area contributed by atoms with Gasteiger partial charge >= 0.3 is 0 Å². The van der Waals surface area contributed by atoms with Gasteiger partial charge in [0, 0.05) is 51.0 Å². The van der Waals surface area contributed by atoms with E-state index in [0.717, 1.165) is 5.69 Å². The number of amides is 1. The van der Waals surface area contributed by atoms with Crippen molar-refractivity contribution in [2.75, 3.05) is 31.1 Å². The van der Waals surface area contributed by atoms with Crippen molar-refractivity contribution in [2.24, 2.45) is 7.05 Å². The Kier molecular flexibility index (Phi) is 5.11. The van der Waals surface area contributed by atoms with Crippen LogP contribution in [0.3, 0.4) is 0 Å². The first-order valence-electron chi connectivity index (χ1n) is 9.94. The highest BCUT2D eigenvalue weighted by atomic mass is 16.2. The van der Waals surface area contributed by atoms with Crippen LogP contribution < -0.4 is 16.0 Å². The van der Waals surface area contributed by atoms with Gasteiger partial charge in [0.15, 0.2) is 0 Å². The predicted octanol–water partition coefficient (Wildman–Crippen LogP) is 1.03. The van der Waals surface area contributed by atoms with E-state index in [0.29, 0.717) is 37.1 Å². The van der Waals surface area contributed by atoms with E-state index in [1.807, 2.05) is 32.0 Å². The molecule has 0 saturated carbocycles. The van der Waals surface area contributed by atoms with Crippen molar-refractivity contribution < 1.29 is 4.79 Å². The monoisotopic (exact) mass is 408 g/mol. The molecule has 1 aliphatic heterocycles. The van der Waals surface area contributed by atoms with Crippen LogP contribution in [0.4, 0.5) is 5.69 Å². The average molecular weight is 408 g/mol. The third kappa shape index (κ3) is 3.58. The molecule has 0 aliphatic carbocycles. The maximum Gasteiger partial charge on any atom is 0.274 e. The fourth-order valence-electron chi connectivity index (χ4n) is 3.63. The number of carbonyl (C=O) groups excluding carboxylic acids is 1. The molecule has 3 aromatic rings. The lowest BCUT2D eigenvalue weighted by molar-refractivity contribution is 0.0738. The third-order valence-corrected chi connectivity index (χ3v) is 5.44. The Morgan fingerprint density at radius 2 is 1.77 bits per heavy atom. The number of anilines is 1. The molecule has 0 atom stereocenters. The van der Waals surface area contributed by atoms with E-state index in [1.54, 1.807) is 15.8 Å². The van der Waals surface area contributed by atoms with E-state index in [2.05, 4.69) is 15.0 Å². The lowest BCUT2D eigenvalue weighted by Crippen LogP contribution is -2.49. The second-order valence-electron chi connectivity index (χ2n) is 7.71. The van der Waals surface area contributed by atoms with Gasteiger partial charge in [0.1, 0.15) is 5.69 Å². The molecule has 0 N–H and O–H groups in total. The summed E-state index contributed by atoms with van der Waals surface area (Å²) in [6.45, 7) is 6.31. The molecule has 4 rings (SSSR count). The molecule has 3 heterocycles. The number of hydrogen-bond acceptors (Lipinski definition) is 6. The largest absolute Gasteiger partial charge is 0.368 e. The smallest absolute Gasteiger partial charge is 0.274 e. The lowest BCUT2D eigenvalue weighted by Gasteiger charge is -2.36. The van der Waals surface area contributed by atoms with Gasteiger partial charge in [-0.15, -0.1) is 0 Å². The highest BCUT2D eigenvalue weighted by molar-refractivity contribution is 5.92. The van der Waals surface area contributed by atoms with E-state index in [4.69, 9.17) is 0 Å². The Balaban J connectivity index is 1.49. The molecule has 2 aromatic heterocycles. The minimum absolute atomic E-state index is 0.0401. The number of fused-ring (bicyclic) bond motifs is 1. The van der Waals surface area contributed by atoms with Crippen molar-refractivity contribution in [2.45, 2.75) is 19.9 Å². The van der Waals surface area contributed by atoms with Gasteiger partial charge in [0.05, 0.1) is 17.2 Å². The van der Waals surface area contributed by atoms with Crippen LogP contribution in [0.15, 0.2) is 46.2 Å². The summed E-state index contributed by atoms with van der Waals surface area (Å²) in [4.78, 5) is 45.1. The van der Waals surface area contributed by atoms with E-state index in [-0.39, 0.29) is 28.8 Å². The Morgan fingerprint density at radius 3 is 2.43 bits per heavy atom. The van der Waals surface area contributed by atoms with Gasteiger partial charge in [-0.1, -0.05) is 0 Å². The van der Waals surface area contributed by atoms with Crippen LogP contribution in [-0.2, 0) is 7.05 Å². The van der Waals surface area contributed by atoms with Gasteiger partial charge in [0.2, 0.25) is 0 Å². The van der Waals surface area contributed by atoms with Crippen molar-refractivity contribution >= 4 is 22.5 Å². The van der Waals surface area contributed by atoms with Crippen LogP contribution in [0.2, 0.25) is 0 Å². The van der Waals surface area contributed by atoms with Crippen molar-refractivity contribution in [1.82, 2.24) is 24.2 Å². The number of hydrogen-bond donors (Lipinski definition) is 0. The van der Waals surface area contributed by atoms with Gasteiger partial charge in [-0.25, -0.2) is 9.67 Å². The minimum Gasteiger partial charge on any atom is -0.368 e. The molecule has 1 fully saturated rings. The van der Waals surface area contributed by atoms with Gasteiger partial charge in [-0.3, -0.25) is 19.0 Å². The standard InChI is InChI=1S/C21H24N6O3/c1-14(2)27-13-22-18-12-15(4-5-16(18)20(27)29)25-8-10-26(11-9-25)21(30)17-6-7-19(28)24(3)23-17/h4-7,12-14H,8-11H2,1-3H3. The average Bonchev–Trinajstić information content (AvgIpc) is 2.75. The summed E-state index contributed by atoms with van der Waals surface area (Å²) in [7, 11) is 1.53. The first-order valence-corrected chi connectivity index (χ1v) is 9.94. The number of aryl methyl sites for hydroxylation is 1. The molecule has 1 aliphatic rings. The molecule has 0 unspecified atom stereocenters. The maximum atomic E-state index is 12.7. The second-order valence-corrected chi connectivity index (χ2v) is 7.71. The molecule has 156 valence electrons. The molecule has 0 bridgehead atoms. The summed E-state index contributed by atoms with van der Waals surface area (Å²) in [5.74, 6) is -0.181. The molecule has 1 aromatic carbocycles. The minimum atomic E-state index is -0.249. The first kappa shape index (κ1) is 19.8. The van der Waals surface area contributed by atoms with Gasteiger partial charge < -0.3 is 9.80 Å². The predicted molar refractivity (Wildman–Crippen MR) is 114 cm³/mol. The normalized spacial score (nSPS) is 14.5. The highest BCUT2D eigenvalue weighted by Gasteiger charge is 2.24. The SMILES string of the molecule is CC(C)n1cnc2cc(N3CCN(C(=O)c4ccc(=O)n(C)n4)CC3)ccc2c1=O. The highest BCUT2D eigenvalue weighted by Crippen LogP contribution is 2.21. The summed E-state index contributed by atoms with van der Waals surface area (Å²) >= 11 is 0.